The molecule has 0 radical (unpaired) electrons. The molecule has 0 aliphatic carbocycles. The van der Waals surface area contributed by atoms with Crippen LogP contribution in [0.15, 0.2) is 48.5 Å². The van der Waals surface area contributed by atoms with E-state index >= 15 is 0 Å². The smallest absolute Gasteiger partial charge is 0.229 e. The van der Waals surface area contributed by atoms with E-state index in [1.807, 2.05) is 42.5 Å². The molecule has 0 aliphatic rings. The molecule has 3 rings (SSSR count). The standard InChI is InChI=1S/C14H11ClN4/c15-9-4-3-5-10(8-9)17-14-18-12-7-2-1-6-11(12)13(16)19-14/h1-8H,(H3,16,17,18,19). The first-order valence-corrected chi connectivity index (χ1v) is 6.15. The van der Waals surface area contributed by atoms with Crippen molar-refractivity contribution in [2.45, 2.75) is 0 Å². The van der Waals surface area contributed by atoms with Gasteiger partial charge in [0.1, 0.15) is 5.82 Å². The summed E-state index contributed by atoms with van der Waals surface area (Å²) in [6.07, 6.45) is 0. The number of aromatic nitrogens is 2. The first-order valence-electron chi connectivity index (χ1n) is 5.77. The van der Waals surface area contributed by atoms with Crippen molar-refractivity contribution in [3.63, 3.8) is 0 Å². The Morgan fingerprint density at radius 3 is 2.68 bits per heavy atom. The van der Waals surface area contributed by atoms with Gasteiger partial charge in [-0.25, -0.2) is 4.98 Å². The maximum Gasteiger partial charge on any atom is 0.229 e. The highest BCUT2D eigenvalue weighted by Gasteiger charge is 2.04. The van der Waals surface area contributed by atoms with E-state index in [1.165, 1.54) is 0 Å². The van der Waals surface area contributed by atoms with Crippen LogP contribution >= 0.6 is 11.6 Å². The van der Waals surface area contributed by atoms with Crippen LogP contribution in [0.1, 0.15) is 0 Å². The van der Waals surface area contributed by atoms with E-state index in [2.05, 4.69) is 15.3 Å². The fourth-order valence-electron chi connectivity index (χ4n) is 1.85. The molecule has 0 fully saturated rings. The quantitative estimate of drug-likeness (QED) is 0.747. The van der Waals surface area contributed by atoms with Crippen LogP contribution in [0.25, 0.3) is 10.9 Å². The van der Waals surface area contributed by atoms with Crippen LogP contribution in [-0.4, -0.2) is 9.97 Å². The Bertz CT molecular complexity index is 742. The summed E-state index contributed by atoms with van der Waals surface area (Å²) < 4.78 is 0. The van der Waals surface area contributed by atoms with Gasteiger partial charge >= 0.3 is 0 Å². The summed E-state index contributed by atoms with van der Waals surface area (Å²) in [4.78, 5) is 8.65. The predicted octanol–water partition coefficient (Wildman–Crippen LogP) is 3.61. The molecular formula is C14H11ClN4. The van der Waals surface area contributed by atoms with Crippen LogP contribution < -0.4 is 11.1 Å². The minimum atomic E-state index is 0.454. The third-order valence-corrected chi connectivity index (χ3v) is 2.95. The molecule has 0 spiro atoms. The topological polar surface area (TPSA) is 63.8 Å². The molecule has 0 aliphatic heterocycles. The molecular weight excluding hydrogens is 260 g/mol. The Hall–Kier alpha value is -2.33. The summed E-state index contributed by atoms with van der Waals surface area (Å²) in [7, 11) is 0. The molecule has 0 saturated carbocycles. The molecule has 94 valence electrons. The molecule has 2 aromatic carbocycles. The second kappa shape index (κ2) is 4.74. The average Bonchev–Trinajstić information content (AvgIpc) is 2.39. The lowest BCUT2D eigenvalue weighted by Gasteiger charge is -2.07. The Morgan fingerprint density at radius 1 is 1.00 bits per heavy atom. The highest BCUT2D eigenvalue weighted by Crippen LogP contribution is 2.22. The fraction of sp³-hybridized carbons (Fsp3) is 0. The number of fused-ring (bicyclic) bond motifs is 1. The first kappa shape index (κ1) is 11.7. The Labute approximate surface area is 115 Å². The number of nitrogens with one attached hydrogen (secondary N) is 1. The summed E-state index contributed by atoms with van der Waals surface area (Å²) in [5.74, 6) is 0.911. The molecule has 19 heavy (non-hydrogen) atoms. The second-order valence-corrected chi connectivity index (χ2v) is 4.52. The summed E-state index contributed by atoms with van der Waals surface area (Å²) >= 11 is 5.93. The molecule has 0 atom stereocenters. The van der Waals surface area contributed by atoms with Crippen molar-refractivity contribution >= 4 is 40.0 Å². The fourth-order valence-corrected chi connectivity index (χ4v) is 2.04. The summed E-state index contributed by atoms with van der Waals surface area (Å²) in [6, 6.07) is 15.0. The van der Waals surface area contributed by atoms with Gasteiger partial charge in [0.25, 0.3) is 0 Å². The Morgan fingerprint density at radius 2 is 1.84 bits per heavy atom. The SMILES string of the molecule is Nc1nc(Nc2cccc(Cl)c2)nc2ccccc12. The molecule has 0 unspecified atom stereocenters. The van der Waals surface area contributed by atoms with Gasteiger partial charge in [0.05, 0.1) is 5.52 Å². The third kappa shape index (κ3) is 2.44. The number of benzene rings is 2. The number of hydrogen-bond acceptors (Lipinski definition) is 4. The monoisotopic (exact) mass is 270 g/mol. The van der Waals surface area contributed by atoms with Crippen LogP contribution in [0.2, 0.25) is 5.02 Å². The molecule has 5 heteroatoms. The normalized spacial score (nSPS) is 10.6. The van der Waals surface area contributed by atoms with Crippen molar-refractivity contribution in [2.24, 2.45) is 0 Å². The van der Waals surface area contributed by atoms with Gasteiger partial charge in [-0.15, -0.1) is 0 Å². The van der Waals surface area contributed by atoms with Crippen molar-refractivity contribution in [2.75, 3.05) is 11.1 Å². The van der Waals surface area contributed by atoms with Gasteiger partial charge in [-0.2, -0.15) is 4.98 Å². The zero-order valence-electron chi connectivity index (χ0n) is 9.97. The second-order valence-electron chi connectivity index (χ2n) is 4.08. The van der Waals surface area contributed by atoms with E-state index in [0.29, 0.717) is 16.8 Å². The summed E-state index contributed by atoms with van der Waals surface area (Å²) in [5, 5.41) is 4.59. The van der Waals surface area contributed by atoms with E-state index in [9.17, 15) is 0 Å². The Kier molecular flexibility index (Phi) is 2.93. The number of hydrogen-bond donors (Lipinski definition) is 2. The number of nitrogens with two attached hydrogens (primary N) is 1. The number of nitrogen functional groups attached to an aromatic ring is 1. The number of anilines is 3. The van der Waals surface area contributed by atoms with Crippen molar-refractivity contribution in [1.29, 1.82) is 0 Å². The molecule has 0 bridgehead atoms. The number of rotatable bonds is 2. The zero-order chi connectivity index (χ0) is 13.2. The largest absolute Gasteiger partial charge is 0.383 e. The summed E-state index contributed by atoms with van der Waals surface area (Å²) in [5.41, 5.74) is 7.55. The van der Waals surface area contributed by atoms with Crippen molar-refractivity contribution < 1.29 is 0 Å². The molecule has 4 nitrogen and oxygen atoms in total. The Balaban J connectivity index is 2.02. The van der Waals surface area contributed by atoms with E-state index in [0.717, 1.165) is 16.6 Å². The first-order chi connectivity index (χ1) is 9.22. The predicted molar refractivity (Wildman–Crippen MR) is 78.7 cm³/mol. The van der Waals surface area contributed by atoms with Crippen molar-refractivity contribution in [3.8, 4) is 0 Å². The molecule has 3 N–H and O–H groups in total. The van der Waals surface area contributed by atoms with E-state index in [1.54, 1.807) is 6.07 Å². The van der Waals surface area contributed by atoms with Crippen LogP contribution in [0.3, 0.4) is 0 Å². The van der Waals surface area contributed by atoms with Crippen LogP contribution in [0.5, 0.6) is 0 Å². The maximum absolute atomic E-state index is 5.93. The number of nitrogens with zero attached hydrogens (tertiary/aromatic N) is 2. The molecule has 3 aromatic rings. The number of para-hydroxylation sites is 1. The van der Waals surface area contributed by atoms with E-state index in [-0.39, 0.29) is 0 Å². The summed E-state index contributed by atoms with van der Waals surface area (Å²) in [6.45, 7) is 0. The molecule has 0 amide bonds. The van der Waals surface area contributed by atoms with Gasteiger partial charge in [-0.3, -0.25) is 0 Å². The lowest BCUT2D eigenvalue weighted by atomic mass is 10.2. The maximum atomic E-state index is 5.93. The average molecular weight is 271 g/mol. The minimum absolute atomic E-state index is 0.454. The van der Waals surface area contributed by atoms with Gasteiger partial charge in [-0.1, -0.05) is 29.8 Å². The van der Waals surface area contributed by atoms with Crippen LogP contribution in [0.4, 0.5) is 17.5 Å². The lowest BCUT2D eigenvalue weighted by Crippen LogP contribution is -2.01. The van der Waals surface area contributed by atoms with Gasteiger partial charge in [0.15, 0.2) is 0 Å². The molecule has 1 heterocycles. The third-order valence-electron chi connectivity index (χ3n) is 2.71. The zero-order valence-corrected chi connectivity index (χ0v) is 10.7. The highest BCUT2D eigenvalue weighted by atomic mass is 35.5. The van der Waals surface area contributed by atoms with E-state index < -0.39 is 0 Å². The van der Waals surface area contributed by atoms with E-state index in [4.69, 9.17) is 17.3 Å². The lowest BCUT2D eigenvalue weighted by molar-refractivity contribution is 1.22. The van der Waals surface area contributed by atoms with Gasteiger partial charge < -0.3 is 11.1 Å². The van der Waals surface area contributed by atoms with Crippen molar-refractivity contribution in [3.05, 3.63) is 53.6 Å². The van der Waals surface area contributed by atoms with Crippen molar-refractivity contribution in [1.82, 2.24) is 9.97 Å². The number of halogens is 1. The highest BCUT2D eigenvalue weighted by molar-refractivity contribution is 6.30. The molecule has 1 aromatic heterocycles. The molecule has 0 saturated heterocycles. The van der Waals surface area contributed by atoms with Gasteiger partial charge in [-0.05, 0) is 30.3 Å². The van der Waals surface area contributed by atoms with Gasteiger partial charge in [0, 0.05) is 16.1 Å². The minimum Gasteiger partial charge on any atom is -0.383 e. The van der Waals surface area contributed by atoms with Crippen LogP contribution in [-0.2, 0) is 0 Å². The van der Waals surface area contributed by atoms with Crippen LogP contribution in [0, 0.1) is 0 Å². The van der Waals surface area contributed by atoms with Gasteiger partial charge in [0.2, 0.25) is 5.95 Å².